The van der Waals surface area contributed by atoms with E-state index in [0.29, 0.717) is 16.3 Å². The molecule has 1 rings (SSSR count). The van der Waals surface area contributed by atoms with Gasteiger partial charge in [-0.15, -0.1) is 0 Å². The minimum Gasteiger partial charge on any atom is -0.316 e. The van der Waals surface area contributed by atoms with E-state index in [9.17, 15) is 4.39 Å². The fourth-order valence-electron chi connectivity index (χ4n) is 2.23. The molecule has 0 radical (unpaired) electrons. The predicted molar refractivity (Wildman–Crippen MR) is 88.5 cm³/mol. The largest absolute Gasteiger partial charge is 0.316 e. The first-order valence-electron chi connectivity index (χ1n) is 7.39. The Morgan fingerprint density at radius 2 is 1.90 bits per heavy atom. The summed E-state index contributed by atoms with van der Waals surface area (Å²) in [4.78, 5) is 0. The molecule has 0 aliphatic rings. The zero-order chi connectivity index (χ0) is 15.3. The third kappa shape index (κ3) is 5.17. The van der Waals surface area contributed by atoms with Crippen LogP contribution in [0.3, 0.4) is 0 Å². The first-order valence-corrected chi connectivity index (χ1v) is 8.18. The lowest BCUT2D eigenvalue weighted by molar-refractivity contribution is 0.205. The zero-order valence-corrected chi connectivity index (χ0v) is 14.8. The lowest BCUT2D eigenvalue weighted by atomic mass is 9.74. The summed E-state index contributed by atoms with van der Waals surface area (Å²) in [6.45, 7) is 13.3. The van der Waals surface area contributed by atoms with Crippen molar-refractivity contribution in [2.75, 3.05) is 13.1 Å². The third-order valence-corrected chi connectivity index (χ3v) is 4.67. The van der Waals surface area contributed by atoms with Crippen molar-refractivity contribution < 1.29 is 4.39 Å². The van der Waals surface area contributed by atoms with Gasteiger partial charge in [-0.1, -0.05) is 40.7 Å². The first kappa shape index (κ1) is 17.6. The fraction of sp³-hybridized carbons (Fsp3) is 0.647. The van der Waals surface area contributed by atoms with Crippen LogP contribution in [0.15, 0.2) is 22.7 Å². The summed E-state index contributed by atoms with van der Waals surface area (Å²) in [5.41, 5.74) is 1.35. The molecule has 0 aliphatic heterocycles. The zero-order valence-electron chi connectivity index (χ0n) is 13.3. The molecule has 1 aromatic carbocycles. The number of hydrogen-bond donors (Lipinski definition) is 1. The highest BCUT2D eigenvalue weighted by Gasteiger charge is 2.28. The van der Waals surface area contributed by atoms with Crippen LogP contribution >= 0.6 is 15.9 Å². The molecule has 1 N–H and O–H groups in total. The van der Waals surface area contributed by atoms with Crippen LogP contribution < -0.4 is 5.32 Å². The van der Waals surface area contributed by atoms with Crippen LogP contribution in [-0.4, -0.2) is 13.1 Å². The molecule has 0 saturated carbocycles. The van der Waals surface area contributed by atoms with Gasteiger partial charge in [0.05, 0.1) is 4.47 Å². The summed E-state index contributed by atoms with van der Waals surface area (Å²) in [5.74, 6) is 1.02. The summed E-state index contributed by atoms with van der Waals surface area (Å²) in [5, 5.41) is 3.57. The van der Waals surface area contributed by atoms with Gasteiger partial charge < -0.3 is 5.32 Å². The second-order valence-corrected chi connectivity index (χ2v) is 7.61. The molecule has 0 fully saturated rings. The van der Waals surface area contributed by atoms with Crippen LogP contribution in [0.4, 0.5) is 4.39 Å². The van der Waals surface area contributed by atoms with E-state index < -0.39 is 0 Å². The highest BCUT2D eigenvalue weighted by atomic mass is 79.9. The number of halogens is 2. The molecule has 0 spiro atoms. The summed E-state index contributed by atoms with van der Waals surface area (Å²) >= 11 is 3.27. The monoisotopic (exact) mass is 343 g/mol. The average Bonchev–Trinajstić information content (AvgIpc) is 2.33. The number of benzene rings is 1. The Balaban J connectivity index is 2.77. The van der Waals surface area contributed by atoms with Crippen LogP contribution in [0.5, 0.6) is 0 Å². The molecule has 1 atom stereocenters. The van der Waals surface area contributed by atoms with E-state index in [1.165, 1.54) is 5.56 Å². The number of rotatable bonds is 7. The topological polar surface area (TPSA) is 12.0 Å². The van der Waals surface area contributed by atoms with E-state index in [0.717, 1.165) is 19.5 Å². The highest BCUT2D eigenvalue weighted by molar-refractivity contribution is 9.10. The smallest absolute Gasteiger partial charge is 0.137 e. The molecule has 0 aromatic heterocycles. The lowest BCUT2D eigenvalue weighted by Gasteiger charge is -2.35. The van der Waals surface area contributed by atoms with Crippen molar-refractivity contribution in [1.82, 2.24) is 5.32 Å². The maximum absolute atomic E-state index is 13.3. The van der Waals surface area contributed by atoms with Gasteiger partial charge in [-0.25, -0.2) is 4.39 Å². The van der Waals surface area contributed by atoms with Crippen LogP contribution in [0.2, 0.25) is 0 Å². The molecule has 0 bridgehead atoms. The Hall–Kier alpha value is -0.410. The van der Waals surface area contributed by atoms with E-state index in [1.807, 2.05) is 12.1 Å². The van der Waals surface area contributed by atoms with Crippen molar-refractivity contribution in [2.45, 2.75) is 41.0 Å². The molecule has 0 saturated heterocycles. The number of nitrogens with one attached hydrogen (secondary N) is 1. The van der Waals surface area contributed by atoms with Crippen LogP contribution in [0.25, 0.3) is 0 Å². The maximum Gasteiger partial charge on any atom is 0.137 e. The molecular formula is C17H27BrFN. The first-order chi connectivity index (χ1) is 9.24. The fourth-order valence-corrected chi connectivity index (χ4v) is 2.66. The molecule has 1 aromatic rings. The van der Waals surface area contributed by atoms with Gasteiger partial charge in [0.25, 0.3) is 0 Å². The SMILES string of the molecule is CC(C)CNCC(C)(Cc1ccc(F)c(Br)c1)C(C)C. The van der Waals surface area contributed by atoms with Gasteiger partial charge in [0.1, 0.15) is 5.82 Å². The Labute approximate surface area is 131 Å². The van der Waals surface area contributed by atoms with Crippen molar-refractivity contribution in [1.29, 1.82) is 0 Å². The molecule has 20 heavy (non-hydrogen) atoms. The van der Waals surface area contributed by atoms with E-state index >= 15 is 0 Å². The second kappa shape index (κ2) is 7.56. The molecular weight excluding hydrogens is 317 g/mol. The Morgan fingerprint density at radius 1 is 1.25 bits per heavy atom. The maximum atomic E-state index is 13.3. The minimum absolute atomic E-state index is 0.173. The van der Waals surface area contributed by atoms with Gasteiger partial charge in [-0.3, -0.25) is 0 Å². The molecule has 0 heterocycles. The lowest BCUT2D eigenvalue weighted by Crippen LogP contribution is -2.39. The van der Waals surface area contributed by atoms with E-state index in [1.54, 1.807) is 6.07 Å². The van der Waals surface area contributed by atoms with Crippen molar-refractivity contribution in [3.63, 3.8) is 0 Å². The summed E-state index contributed by atoms with van der Waals surface area (Å²) in [7, 11) is 0. The van der Waals surface area contributed by atoms with Gasteiger partial charge in [0.2, 0.25) is 0 Å². The summed E-state index contributed by atoms with van der Waals surface area (Å²) in [6.07, 6.45) is 0.953. The van der Waals surface area contributed by atoms with Crippen molar-refractivity contribution >= 4 is 15.9 Å². The summed E-state index contributed by atoms with van der Waals surface area (Å²) in [6, 6.07) is 5.34. The van der Waals surface area contributed by atoms with Gasteiger partial charge in [0, 0.05) is 6.54 Å². The van der Waals surface area contributed by atoms with Crippen LogP contribution in [0, 0.1) is 23.1 Å². The molecule has 114 valence electrons. The van der Waals surface area contributed by atoms with Crippen molar-refractivity contribution in [3.05, 3.63) is 34.1 Å². The molecule has 0 amide bonds. The summed E-state index contributed by atoms with van der Waals surface area (Å²) < 4.78 is 13.9. The van der Waals surface area contributed by atoms with Crippen molar-refractivity contribution in [3.8, 4) is 0 Å². The van der Waals surface area contributed by atoms with Gasteiger partial charge in [0.15, 0.2) is 0 Å². The Kier molecular flexibility index (Phi) is 6.67. The molecule has 1 unspecified atom stereocenters. The normalized spacial score (nSPS) is 14.8. The van der Waals surface area contributed by atoms with Gasteiger partial charge in [-0.05, 0) is 63.8 Å². The Morgan fingerprint density at radius 3 is 2.40 bits per heavy atom. The third-order valence-electron chi connectivity index (χ3n) is 4.07. The molecule has 1 nitrogen and oxygen atoms in total. The molecule has 3 heteroatoms. The minimum atomic E-state index is -0.196. The second-order valence-electron chi connectivity index (χ2n) is 6.76. The van der Waals surface area contributed by atoms with E-state index in [2.05, 4.69) is 55.9 Å². The van der Waals surface area contributed by atoms with Crippen molar-refractivity contribution in [2.24, 2.45) is 17.3 Å². The average molecular weight is 344 g/mol. The highest BCUT2D eigenvalue weighted by Crippen LogP contribution is 2.32. The predicted octanol–water partition coefficient (Wildman–Crippen LogP) is 5.04. The van der Waals surface area contributed by atoms with Gasteiger partial charge >= 0.3 is 0 Å². The number of hydrogen-bond acceptors (Lipinski definition) is 1. The van der Waals surface area contributed by atoms with E-state index in [4.69, 9.17) is 0 Å². The molecule has 0 aliphatic carbocycles. The Bertz CT molecular complexity index is 431. The van der Waals surface area contributed by atoms with Crippen LogP contribution in [0.1, 0.15) is 40.2 Å². The van der Waals surface area contributed by atoms with Gasteiger partial charge in [-0.2, -0.15) is 0 Å². The standard InChI is InChI=1S/C17H27BrFN/c1-12(2)10-20-11-17(5,13(3)4)9-14-6-7-16(19)15(18)8-14/h6-8,12-13,20H,9-11H2,1-5H3. The van der Waals surface area contributed by atoms with E-state index in [-0.39, 0.29) is 11.2 Å². The van der Waals surface area contributed by atoms with Crippen LogP contribution in [-0.2, 0) is 6.42 Å². The quantitative estimate of drug-likeness (QED) is 0.731.